The topological polar surface area (TPSA) is 70.3 Å². The van der Waals surface area contributed by atoms with Gasteiger partial charge in [-0.25, -0.2) is 4.98 Å². The normalized spacial score (nSPS) is 12.1. The zero-order chi connectivity index (χ0) is 19.3. The van der Waals surface area contributed by atoms with Crippen molar-refractivity contribution in [3.63, 3.8) is 0 Å². The smallest absolute Gasteiger partial charge is 0.227 e. The Hall–Kier alpha value is -3.02. The van der Waals surface area contributed by atoms with Gasteiger partial charge in [0, 0.05) is 35.1 Å². The predicted molar refractivity (Wildman–Crippen MR) is 114 cm³/mol. The van der Waals surface area contributed by atoms with Crippen LogP contribution in [-0.2, 0) is 0 Å². The summed E-state index contributed by atoms with van der Waals surface area (Å²) in [6.45, 7) is 0.873. The number of rotatable bonds is 7. The van der Waals surface area contributed by atoms with Crippen molar-refractivity contribution in [3.05, 3.63) is 77.8 Å². The summed E-state index contributed by atoms with van der Waals surface area (Å²) in [6, 6.07) is 22.9. The molecule has 1 unspecified atom stereocenters. The lowest BCUT2D eigenvalue weighted by Crippen LogP contribution is -2.27. The van der Waals surface area contributed by atoms with Crippen LogP contribution in [0, 0.1) is 0 Å². The molecule has 1 atom stereocenters. The largest absolute Gasteiger partial charge is 0.436 e. The number of oxazole rings is 1. The molecule has 142 valence electrons. The van der Waals surface area contributed by atoms with Gasteiger partial charge >= 0.3 is 0 Å². The number of nitrogens with zero attached hydrogens (tertiary/aromatic N) is 1. The molecule has 0 fully saturated rings. The molecule has 0 bridgehead atoms. The summed E-state index contributed by atoms with van der Waals surface area (Å²) < 4.78 is 5.79. The molecule has 3 aromatic carbocycles. The van der Waals surface area contributed by atoms with Crippen molar-refractivity contribution >= 4 is 34.1 Å². The van der Waals surface area contributed by atoms with Crippen molar-refractivity contribution in [1.29, 1.82) is 0 Å². The van der Waals surface area contributed by atoms with Gasteiger partial charge in [-0.05, 0) is 60.7 Å². The molecule has 6 heteroatoms. The van der Waals surface area contributed by atoms with E-state index in [0.717, 1.165) is 28.0 Å². The Bertz CT molecular complexity index is 1010. The highest BCUT2D eigenvalue weighted by Crippen LogP contribution is 2.25. The van der Waals surface area contributed by atoms with Crippen LogP contribution in [0.4, 0.5) is 11.4 Å². The Morgan fingerprint density at radius 3 is 2.11 bits per heavy atom. The van der Waals surface area contributed by atoms with Crippen LogP contribution in [0.15, 0.2) is 77.2 Å². The number of anilines is 2. The molecule has 0 aliphatic heterocycles. The number of nitrogens with one attached hydrogen (secondary N) is 2. The third kappa shape index (κ3) is 4.44. The maximum Gasteiger partial charge on any atom is 0.227 e. The number of aliphatic hydroxyl groups excluding tert-OH is 1. The Labute approximate surface area is 168 Å². The summed E-state index contributed by atoms with van der Waals surface area (Å²) in [7, 11) is 0. The Morgan fingerprint density at radius 1 is 0.857 bits per heavy atom. The van der Waals surface area contributed by atoms with E-state index in [-0.39, 0.29) is 0 Å². The highest BCUT2D eigenvalue weighted by molar-refractivity contribution is 6.30. The number of aromatic nitrogens is 1. The summed E-state index contributed by atoms with van der Waals surface area (Å²) in [5, 5.41) is 17.3. The second kappa shape index (κ2) is 8.33. The molecule has 4 aromatic rings. The molecule has 0 aliphatic rings. The zero-order valence-corrected chi connectivity index (χ0v) is 15.9. The number of halogens is 1. The number of para-hydroxylation sites is 2. The van der Waals surface area contributed by atoms with Gasteiger partial charge in [0.2, 0.25) is 5.89 Å². The van der Waals surface area contributed by atoms with Crippen LogP contribution in [0.3, 0.4) is 0 Å². The molecule has 0 saturated heterocycles. The summed E-state index contributed by atoms with van der Waals surface area (Å²) in [5.41, 5.74) is 4.37. The van der Waals surface area contributed by atoms with E-state index < -0.39 is 6.10 Å². The second-order valence-corrected chi connectivity index (χ2v) is 6.92. The zero-order valence-electron chi connectivity index (χ0n) is 15.1. The average Bonchev–Trinajstić information content (AvgIpc) is 3.16. The van der Waals surface area contributed by atoms with Crippen molar-refractivity contribution in [2.24, 2.45) is 0 Å². The van der Waals surface area contributed by atoms with E-state index in [1.807, 2.05) is 72.8 Å². The van der Waals surface area contributed by atoms with Gasteiger partial charge < -0.3 is 20.2 Å². The molecule has 0 spiro atoms. The van der Waals surface area contributed by atoms with Gasteiger partial charge in [-0.15, -0.1) is 0 Å². The van der Waals surface area contributed by atoms with Crippen LogP contribution < -0.4 is 10.6 Å². The van der Waals surface area contributed by atoms with Crippen molar-refractivity contribution in [1.82, 2.24) is 4.98 Å². The first-order valence-corrected chi connectivity index (χ1v) is 9.42. The van der Waals surface area contributed by atoms with Crippen LogP contribution in [-0.4, -0.2) is 29.3 Å². The van der Waals surface area contributed by atoms with E-state index in [9.17, 15) is 5.11 Å². The van der Waals surface area contributed by atoms with Gasteiger partial charge in [0.25, 0.3) is 0 Å². The summed E-state index contributed by atoms with van der Waals surface area (Å²) in [6.07, 6.45) is -0.535. The van der Waals surface area contributed by atoms with Gasteiger partial charge in [-0.3, -0.25) is 0 Å². The average molecular weight is 394 g/mol. The minimum absolute atomic E-state index is 0.433. The Balaban J connectivity index is 1.31. The molecule has 28 heavy (non-hydrogen) atoms. The van der Waals surface area contributed by atoms with E-state index in [2.05, 4.69) is 15.6 Å². The molecular formula is C22H20ClN3O2. The van der Waals surface area contributed by atoms with Crippen LogP contribution >= 0.6 is 11.6 Å². The fourth-order valence-electron chi connectivity index (χ4n) is 2.84. The molecular weight excluding hydrogens is 374 g/mol. The van der Waals surface area contributed by atoms with E-state index in [1.54, 1.807) is 0 Å². The maximum absolute atomic E-state index is 10.2. The van der Waals surface area contributed by atoms with Crippen molar-refractivity contribution in [2.45, 2.75) is 6.10 Å². The SMILES string of the molecule is OC(CNc1ccc(Cl)cc1)CNc1ccc(-c2nc3ccccc3o2)cc1. The number of benzene rings is 3. The minimum atomic E-state index is -0.535. The first-order chi connectivity index (χ1) is 13.7. The summed E-state index contributed by atoms with van der Waals surface area (Å²) in [5.74, 6) is 0.597. The number of hydrogen-bond donors (Lipinski definition) is 3. The quantitative estimate of drug-likeness (QED) is 0.410. The van der Waals surface area contributed by atoms with E-state index in [1.165, 1.54) is 0 Å². The van der Waals surface area contributed by atoms with Crippen LogP contribution in [0.25, 0.3) is 22.6 Å². The minimum Gasteiger partial charge on any atom is -0.436 e. The summed E-state index contributed by atoms with van der Waals surface area (Å²) >= 11 is 5.87. The predicted octanol–water partition coefficient (Wildman–Crippen LogP) is 5.03. The highest BCUT2D eigenvalue weighted by Gasteiger charge is 2.08. The third-order valence-electron chi connectivity index (χ3n) is 4.35. The molecule has 5 nitrogen and oxygen atoms in total. The molecule has 1 heterocycles. The van der Waals surface area contributed by atoms with Gasteiger partial charge in [-0.1, -0.05) is 23.7 Å². The van der Waals surface area contributed by atoms with E-state index in [4.69, 9.17) is 16.0 Å². The van der Waals surface area contributed by atoms with Crippen molar-refractivity contribution in [3.8, 4) is 11.5 Å². The lowest BCUT2D eigenvalue weighted by molar-refractivity contribution is 0.201. The van der Waals surface area contributed by atoms with E-state index in [0.29, 0.717) is 24.0 Å². The number of fused-ring (bicyclic) bond motifs is 1. The first kappa shape index (κ1) is 18.3. The highest BCUT2D eigenvalue weighted by atomic mass is 35.5. The van der Waals surface area contributed by atoms with Crippen molar-refractivity contribution in [2.75, 3.05) is 23.7 Å². The molecule has 0 aliphatic carbocycles. The standard InChI is InChI=1S/C22H20ClN3O2/c23-16-7-11-18(12-8-16)25-14-19(27)13-24-17-9-5-15(6-10-17)22-26-20-3-1-2-4-21(20)28-22/h1-12,19,24-25,27H,13-14H2. The second-order valence-electron chi connectivity index (χ2n) is 6.49. The van der Waals surface area contributed by atoms with Gasteiger partial charge in [0.05, 0.1) is 6.10 Å². The molecule has 4 rings (SSSR count). The lowest BCUT2D eigenvalue weighted by Gasteiger charge is -2.14. The molecule has 0 saturated carbocycles. The number of aliphatic hydroxyl groups is 1. The third-order valence-corrected chi connectivity index (χ3v) is 4.61. The lowest BCUT2D eigenvalue weighted by atomic mass is 10.2. The monoisotopic (exact) mass is 393 g/mol. The van der Waals surface area contributed by atoms with Gasteiger partial charge in [0.1, 0.15) is 5.52 Å². The fraction of sp³-hybridized carbons (Fsp3) is 0.136. The fourth-order valence-corrected chi connectivity index (χ4v) is 2.96. The van der Waals surface area contributed by atoms with Crippen molar-refractivity contribution < 1.29 is 9.52 Å². The Kier molecular flexibility index (Phi) is 5.46. The molecule has 1 aromatic heterocycles. The van der Waals surface area contributed by atoms with E-state index >= 15 is 0 Å². The van der Waals surface area contributed by atoms with Crippen LogP contribution in [0.5, 0.6) is 0 Å². The number of hydrogen-bond acceptors (Lipinski definition) is 5. The maximum atomic E-state index is 10.2. The van der Waals surface area contributed by atoms with Crippen LogP contribution in [0.2, 0.25) is 5.02 Å². The molecule has 0 amide bonds. The van der Waals surface area contributed by atoms with Gasteiger partial charge in [0.15, 0.2) is 5.58 Å². The molecule has 3 N–H and O–H groups in total. The Morgan fingerprint density at radius 2 is 1.46 bits per heavy atom. The van der Waals surface area contributed by atoms with Gasteiger partial charge in [-0.2, -0.15) is 0 Å². The summed E-state index contributed by atoms with van der Waals surface area (Å²) in [4.78, 5) is 4.50. The molecule has 0 radical (unpaired) electrons. The van der Waals surface area contributed by atoms with Crippen LogP contribution in [0.1, 0.15) is 0 Å². The first-order valence-electron chi connectivity index (χ1n) is 9.05.